The molecule has 0 unspecified atom stereocenters. The van der Waals surface area contributed by atoms with Crippen LogP contribution in [0.5, 0.6) is 0 Å². The van der Waals surface area contributed by atoms with Crippen molar-refractivity contribution in [1.82, 2.24) is 9.97 Å². The first-order chi connectivity index (χ1) is 20.6. The SMILES string of the molecule is Cc1ccc(-c2cc(-c3ccccc3)nc(SCCC(=O)Nc3nc(-c4ccc5ccccc5c4)cs3)c2C#N)cc1. The molecule has 204 valence electrons. The minimum atomic E-state index is -0.126. The molecule has 1 N–H and O–H groups in total. The Morgan fingerprint density at radius 2 is 1.57 bits per heavy atom. The maximum Gasteiger partial charge on any atom is 0.226 e. The van der Waals surface area contributed by atoms with Crippen LogP contribution in [-0.4, -0.2) is 21.6 Å². The van der Waals surface area contributed by atoms with Crippen molar-refractivity contribution < 1.29 is 4.79 Å². The Kier molecular flexibility index (Phi) is 8.09. The maximum absolute atomic E-state index is 12.8. The van der Waals surface area contributed by atoms with Crippen molar-refractivity contribution in [2.45, 2.75) is 18.4 Å². The van der Waals surface area contributed by atoms with E-state index < -0.39 is 0 Å². The highest BCUT2D eigenvalue weighted by Crippen LogP contribution is 2.35. The number of carbonyl (C=O) groups is 1. The molecule has 0 saturated carbocycles. The summed E-state index contributed by atoms with van der Waals surface area (Å²) in [5.74, 6) is 0.348. The van der Waals surface area contributed by atoms with E-state index >= 15 is 0 Å². The molecule has 1 amide bonds. The van der Waals surface area contributed by atoms with E-state index in [4.69, 9.17) is 4.98 Å². The Morgan fingerprint density at radius 3 is 2.36 bits per heavy atom. The van der Waals surface area contributed by atoms with Crippen molar-refractivity contribution in [1.29, 1.82) is 5.26 Å². The van der Waals surface area contributed by atoms with Crippen LogP contribution in [0.3, 0.4) is 0 Å². The van der Waals surface area contributed by atoms with Crippen molar-refractivity contribution >= 4 is 44.9 Å². The zero-order valence-corrected chi connectivity index (χ0v) is 24.5. The minimum Gasteiger partial charge on any atom is -0.302 e. The van der Waals surface area contributed by atoms with Crippen molar-refractivity contribution in [3.63, 3.8) is 0 Å². The van der Waals surface area contributed by atoms with Gasteiger partial charge in [-0.3, -0.25) is 4.79 Å². The summed E-state index contributed by atoms with van der Waals surface area (Å²) in [6, 6.07) is 36.9. The van der Waals surface area contributed by atoms with Gasteiger partial charge in [0.05, 0.1) is 17.0 Å². The normalized spacial score (nSPS) is 10.9. The van der Waals surface area contributed by atoms with Crippen LogP contribution < -0.4 is 5.32 Å². The van der Waals surface area contributed by atoms with E-state index in [2.05, 4.69) is 40.6 Å². The molecule has 6 rings (SSSR count). The average molecular weight is 583 g/mol. The van der Waals surface area contributed by atoms with Gasteiger partial charge in [0, 0.05) is 34.2 Å². The number of nitrogens with zero attached hydrogens (tertiary/aromatic N) is 3. The van der Waals surface area contributed by atoms with Gasteiger partial charge < -0.3 is 5.32 Å². The monoisotopic (exact) mass is 582 g/mol. The van der Waals surface area contributed by atoms with Gasteiger partial charge in [0.2, 0.25) is 5.91 Å². The van der Waals surface area contributed by atoms with Gasteiger partial charge in [-0.25, -0.2) is 9.97 Å². The molecule has 0 bridgehead atoms. The molecule has 0 aliphatic heterocycles. The first-order valence-electron chi connectivity index (χ1n) is 13.5. The van der Waals surface area contributed by atoms with E-state index in [0.717, 1.165) is 44.6 Å². The van der Waals surface area contributed by atoms with Gasteiger partial charge in [-0.15, -0.1) is 23.1 Å². The molecule has 42 heavy (non-hydrogen) atoms. The third-order valence-corrected chi connectivity index (χ3v) is 8.63. The second-order valence-corrected chi connectivity index (χ2v) is 11.8. The number of rotatable bonds is 8. The van der Waals surface area contributed by atoms with Crippen molar-refractivity contribution in [3.05, 3.63) is 120 Å². The Bertz CT molecular complexity index is 1930. The number of pyridine rings is 1. The average Bonchev–Trinajstić information content (AvgIpc) is 3.49. The van der Waals surface area contributed by atoms with E-state index in [1.54, 1.807) is 0 Å². The number of fused-ring (bicyclic) bond motifs is 1. The second kappa shape index (κ2) is 12.4. The third kappa shape index (κ3) is 6.10. The highest BCUT2D eigenvalue weighted by atomic mass is 32.2. The molecule has 0 spiro atoms. The number of hydrogen-bond donors (Lipinski definition) is 1. The van der Waals surface area contributed by atoms with Crippen LogP contribution in [0.2, 0.25) is 0 Å². The minimum absolute atomic E-state index is 0.126. The van der Waals surface area contributed by atoms with Crippen LogP contribution in [0.15, 0.2) is 114 Å². The van der Waals surface area contributed by atoms with Gasteiger partial charge in [0.1, 0.15) is 11.1 Å². The fraction of sp³-hybridized carbons (Fsp3) is 0.0857. The Morgan fingerprint density at radius 1 is 0.833 bits per heavy atom. The lowest BCUT2D eigenvalue weighted by molar-refractivity contribution is -0.115. The Labute approximate surface area is 252 Å². The van der Waals surface area contributed by atoms with Crippen LogP contribution in [0.1, 0.15) is 17.5 Å². The molecular weight excluding hydrogens is 557 g/mol. The van der Waals surface area contributed by atoms with E-state index in [1.807, 2.05) is 91.2 Å². The Hall–Kier alpha value is -4.77. The fourth-order valence-corrected chi connectivity index (χ4v) is 6.37. The molecule has 0 radical (unpaired) electrons. The summed E-state index contributed by atoms with van der Waals surface area (Å²) < 4.78 is 0. The molecule has 0 aliphatic rings. The molecule has 0 aliphatic carbocycles. The molecule has 5 nitrogen and oxygen atoms in total. The number of amides is 1. The number of nitrogens with one attached hydrogen (secondary N) is 1. The number of anilines is 1. The maximum atomic E-state index is 12.8. The summed E-state index contributed by atoms with van der Waals surface area (Å²) in [6.07, 6.45) is 0.261. The number of thiazole rings is 1. The lowest BCUT2D eigenvalue weighted by Crippen LogP contribution is -2.12. The van der Waals surface area contributed by atoms with Crippen LogP contribution >= 0.6 is 23.1 Å². The van der Waals surface area contributed by atoms with E-state index in [1.165, 1.54) is 28.5 Å². The summed E-state index contributed by atoms with van der Waals surface area (Å²) in [5.41, 5.74) is 7.08. The van der Waals surface area contributed by atoms with Gasteiger partial charge in [-0.05, 0) is 35.4 Å². The zero-order chi connectivity index (χ0) is 28.9. The lowest BCUT2D eigenvalue weighted by Gasteiger charge is -2.13. The van der Waals surface area contributed by atoms with Gasteiger partial charge in [0.15, 0.2) is 5.13 Å². The largest absolute Gasteiger partial charge is 0.302 e. The summed E-state index contributed by atoms with van der Waals surface area (Å²) in [6.45, 7) is 2.04. The standard InChI is InChI=1S/C35H26N4OS2/c1-23-11-13-25(14-12-23)29-20-31(26-8-3-2-4-9-26)37-34(30(29)21-36)41-18-17-33(40)39-35-38-32(22-42-35)28-16-15-24-7-5-6-10-27(24)19-28/h2-16,19-20,22H,17-18H2,1H3,(H,38,39,40). The predicted molar refractivity (Wildman–Crippen MR) is 174 cm³/mol. The summed E-state index contributed by atoms with van der Waals surface area (Å²) >= 11 is 2.83. The molecular formula is C35H26N4OS2. The molecule has 6 aromatic rings. The molecule has 4 aromatic carbocycles. The molecule has 0 fully saturated rings. The lowest BCUT2D eigenvalue weighted by atomic mass is 9.98. The highest BCUT2D eigenvalue weighted by molar-refractivity contribution is 7.99. The van der Waals surface area contributed by atoms with E-state index in [0.29, 0.717) is 21.5 Å². The predicted octanol–water partition coefficient (Wildman–Crippen LogP) is 8.99. The number of aromatic nitrogens is 2. The van der Waals surface area contributed by atoms with Gasteiger partial charge in [-0.1, -0.05) is 96.6 Å². The third-order valence-electron chi connectivity index (χ3n) is 6.89. The fourth-order valence-electron chi connectivity index (χ4n) is 4.69. The number of nitriles is 1. The number of hydrogen-bond acceptors (Lipinski definition) is 6. The smallest absolute Gasteiger partial charge is 0.226 e. The summed E-state index contributed by atoms with van der Waals surface area (Å²) in [5, 5.41) is 18.6. The number of benzene rings is 4. The van der Waals surface area contributed by atoms with Crippen molar-refractivity contribution in [2.24, 2.45) is 0 Å². The quantitative estimate of drug-likeness (QED) is 0.181. The van der Waals surface area contributed by atoms with Gasteiger partial charge in [0.25, 0.3) is 0 Å². The van der Waals surface area contributed by atoms with Crippen LogP contribution in [0.4, 0.5) is 5.13 Å². The molecule has 2 aromatic heterocycles. The summed E-state index contributed by atoms with van der Waals surface area (Å²) in [7, 11) is 0. The van der Waals surface area contributed by atoms with E-state index in [-0.39, 0.29) is 12.3 Å². The van der Waals surface area contributed by atoms with Gasteiger partial charge in [-0.2, -0.15) is 5.26 Å². The second-order valence-electron chi connectivity index (χ2n) is 9.83. The topological polar surface area (TPSA) is 78.7 Å². The first kappa shape index (κ1) is 27.4. The highest BCUT2D eigenvalue weighted by Gasteiger charge is 2.17. The van der Waals surface area contributed by atoms with Crippen LogP contribution in [-0.2, 0) is 4.79 Å². The van der Waals surface area contributed by atoms with Crippen molar-refractivity contribution in [3.8, 4) is 39.7 Å². The first-order valence-corrected chi connectivity index (χ1v) is 15.4. The number of carbonyl (C=O) groups excluding carboxylic acids is 1. The van der Waals surface area contributed by atoms with E-state index in [9.17, 15) is 10.1 Å². The molecule has 7 heteroatoms. The molecule has 0 atom stereocenters. The van der Waals surface area contributed by atoms with Gasteiger partial charge >= 0.3 is 0 Å². The van der Waals surface area contributed by atoms with Crippen LogP contribution in [0, 0.1) is 18.3 Å². The van der Waals surface area contributed by atoms with Crippen molar-refractivity contribution in [2.75, 3.05) is 11.1 Å². The van der Waals surface area contributed by atoms with Crippen LogP contribution in [0.25, 0.3) is 44.4 Å². The molecule has 2 heterocycles. The summed E-state index contributed by atoms with van der Waals surface area (Å²) in [4.78, 5) is 22.3. The number of aryl methyl sites for hydroxylation is 1. The number of thioether (sulfide) groups is 1. The molecule has 0 saturated heterocycles. The Balaban J connectivity index is 1.17. The zero-order valence-electron chi connectivity index (χ0n) is 22.9.